The van der Waals surface area contributed by atoms with Gasteiger partial charge in [0.15, 0.2) is 0 Å². The molecule has 1 aliphatic heterocycles. The number of benzene rings is 1. The summed E-state index contributed by atoms with van der Waals surface area (Å²) in [5.74, 6) is 0. The van der Waals surface area contributed by atoms with Crippen LogP contribution in [-0.4, -0.2) is 67.1 Å². The van der Waals surface area contributed by atoms with Crippen molar-refractivity contribution in [3.63, 3.8) is 0 Å². The molecule has 1 heterocycles. The fraction of sp³-hybridized carbons (Fsp3) is 0.647. The van der Waals surface area contributed by atoms with Crippen molar-refractivity contribution in [3.05, 3.63) is 35.9 Å². The van der Waals surface area contributed by atoms with Crippen LogP contribution >= 0.6 is 0 Å². The van der Waals surface area contributed by atoms with Gasteiger partial charge in [0.1, 0.15) is 0 Å². The molecule has 0 unspecified atom stereocenters. The molecule has 0 radical (unpaired) electrons. The van der Waals surface area contributed by atoms with E-state index < -0.39 is 0 Å². The van der Waals surface area contributed by atoms with Crippen molar-refractivity contribution in [1.82, 2.24) is 14.7 Å². The van der Waals surface area contributed by atoms with Crippen molar-refractivity contribution < 1.29 is 0 Å². The number of likely N-dealkylation sites (N-methyl/N-ethyl adjacent to an activating group) is 2. The molecule has 20 heavy (non-hydrogen) atoms. The van der Waals surface area contributed by atoms with E-state index in [4.69, 9.17) is 0 Å². The van der Waals surface area contributed by atoms with Crippen molar-refractivity contribution in [1.29, 1.82) is 0 Å². The molecule has 0 amide bonds. The molecule has 2 rings (SSSR count). The molecule has 1 aromatic rings. The molecule has 0 N–H and O–H groups in total. The third-order valence-electron chi connectivity index (χ3n) is 4.34. The maximum absolute atomic E-state index is 2.60. The summed E-state index contributed by atoms with van der Waals surface area (Å²) in [6.07, 6.45) is 0. The van der Waals surface area contributed by atoms with Crippen LogP contribution in [0.3, 0.4) is 0 Å². The number of hydrogen-bond acceptors (Lipinski definition) is 3. The van der Waals surface area contributed by atoms with Crippen molar-refractivity contribution in [2.75, 3.05) is 52.4 Å². The first-order valence-corrected chi connectivity index (χ1v) is 8.02. The second kappa shape index (κ2) is 8.40. The van der Waals surface area contributed by atoms with E-state index in [2.05, 4.69) is 58.9 Å². The Morgan fingerprint density at radius 1 is 0.700 bits per heavy atom. The Kier molecular flexibility index (Phi) is 6.51. The van der Waals surface area contributed by atoms with Gasteiger partial charge in [0.25, 0.3) is 0 Å². The third kappa shape index (κ3) is 4.89. The SMILES string of the molecule is CCN1CCN(CC)CCN(Cc2ccccc2)CC1. The highest BCUT2D eigenvalue weighted by Crippen LogP contribution is 2.06. The Labute approximate surface area is 124 Å². The molecule has 0 aliphatic carbocycles. The monoisotopic (exact) mass is 275 g/mol. The average molecular weight is 275 g/mol. The van der Waals surface area contributed by atoms with E-state index in [-0.39, 0.29) is 0 Å². The highest BCUT2D eigenvalue weighted by atomic mass is 15.3. The average Bonchev–Trinajstić information content (AvgIpc) is 2.59. The van der Waals surface area contributed by atoms with Crippen LogP contribution in [0.5, 0.6) is 0 Å². The van der Waals surface area contributed by atoms with Gasteiger partial charge in [-0.2, -0.15) is 0 Å². The minimum Gasteiger partial charge on any atom is -0.301 e. The Hall–Kier alpha value is -0.900. The molecular weight excluding hydrogens is 246 g/mol. The third-order valence-corrected chi connectivity index (χ3v) is 4.34. The molecule has 112 valence electrons. The molecule has 0 atom stereocenters. The first-order chi connectivity index (χ1) is 9.81. The van der Waals surface area contributed by atoms with Gasteiger partial charge in [-0.3, -0.25) is 4.90 Å². The van der Waals surface area contributed by atoms with E-state index in [9.17, 15) is 0 Å². The first-order valence-electron chi connectivity index (χ1n) is 8.02. The second-order valence-electron chi connectivity index (χ2n) is 5.63. The Morgan fingerprint density at radius 3 is 1.60 bits per heavy atom. The lowest BCUT2D eigenvalue weighted by atomic mass is 10.2. The van der Waals surface area contributed by atoms with E-state index in [1.165, 1.54) is 44.8 Å². The lowest BCUT2D eigenvalue weighted by molar-refractivity contribution is 0.216. The summed E-state index contributed by atoms with van der Waals surface area (Å²) in [5, 5.41) is 0. The van der Waals surface area contributed by atoms with E-state index in [1.807, 2.05) is 0 Å². The molecule has 0 bridgehead atoms. The van der Waals surface area contributed by atoms with E-state index in [1.54, 1.807) is 0 Å². The van der Waals surface area contributed by atoms with Crippen LogP contribution in [0.2, 0.25) is 0 Å². The highest BCUT2D eigenvalue weighted by molar-refractivity contribution is 5.14. The predicted octanol–water partition coefficient (Wildman–Crippen LogP) is 2.15. The number of hydrogen-bond donors (Lipinski definition) is 0. The fourth-order valence-electron chi connectivity index (χ4n) is 2.82. The quantitative estimate of drug-likeness (QED) is 0.833. The molecular formula is C17H29N3. The van der Waals surface area contributed by atoms with Gasteiger partial charge in [-0.1, -0.05) is 44.2 Å². The van der Waals surface area contributed by atoms with Gasteiger partial charge in [-0.05, 0) is 18.7 Å². The van der Waals surface area contributed by atoms with Crippen LogP contribution in [0.1, 0.15) is 19.4 Å². The van der Waals surface area contributed by atoms with Crippen LogP contribution in [0.25, 0.3) is 0 Å². The normalized spacial score (nSPS) is 20.3. The standard InChI is InChI=1S/C17H29N3/c1-3-18-10-11-19(4-2)13-15-20(14-12-18)16-17-8-6-5-7-9-17/h5-9H,3-4,10-16H2,1-2H3. The number of rotatable bonds is 4. The summed E-state index contributed by atoms with van der Waals surface area (Å²) in [5.41, 5.74) is 1.43. The van der Waals surface area contributed by atoms with Gasteiger partial charge in [-0.25, -0.2) is 0 Å². The smallest absolute Gasteiger partial charge is 0.0234 e. The maximum Gasteiger partial charge on any atom is 0.0234 e. The number of nitrogens with zero attached hydrogens (tertiary/aromatic N) is 3. The van der Waals surface area contributed by atoms with Crippen LogP contribution < -0.4 is 0 Å². The van der Waals surface area contributed by atoms with Crippen LogP contribution in [-0.2, 0) is 6.54 Å². The molecule has 1 saturated heterocycles. The topological polar surface area (TPSA) is 9.72 Å². The van der Waals surface area contributed by atoms with Crippen molar-refractivity contribution in [2.24, 2.45) is 0 Å². The van der Waals surface area contributed by atoms with Crippen molar-refractivity contribution >= 4 is 0 Å². The van der Waals surface area contributed by atoms with Gasteiger partial charge in [0.05, 0.1) is 0 Å². The molecule has 1 fully saturated rings. The zero-order chi connectivity index (χ0) is 14.2. The fourth-order valence-corrected chi connectivity index (χ4v) is 2.82. The van der Waals surface area contributed by atoms with Gasteiger partial charge in [0, 0.05) is 45.8 Å². The zero-order valence-corrected chi connectivity index (χ0v) is 13.1. The summed E-state index contributed by atoms with van der Waals surface area (Å²) in [6, 6.07) is 10.9. The van der Waals surface area contributed by atoms with Crippen molar-refractivity contribution in [3.8, 4) is 0 Å². The largest absolute Gasteiger partial charge is 0.301 e. The second-order valence-corrected chi connectivity index (χ2v) is 5.63. The zero-order valence-electron chi connectivity index (χ0n) is 13.1. The maximum atomic E-state index is 2.60. The summed E-state index contributed by atoms with van der Waals surface area (Å²) < 4.78 is 0. The van der Waals surface area contributed by atoms with Gasteiger partial charge < -0.3 is 9.80 Å². The van der Waals surface area contributed by atoms with Crippen LogP contribution in [0, 0.1) is 0 Å². The summed E-state index contributed by atoms with van der Waals surface area (Å²) in [4.78, 5) is 7.75. The lowest BCUT2D eigenvalue weighted by Gasteiger charge is -2.25. The molecule has 1 aromatic carbocycles. The minimum atomic E-state index is 1.08. The molecule has 3 nitrogen and oxygen atoms in total. The van der Waals surface area contributed by atoms with Crippen LogP contribution in [0.4, 0.5) is 0 Å². The first kappa shape index (κ1) is 15.5. The molecule has 0 saturated carbocycles. The Morgan fingerprint density at radius 2 is 1.15 bits per heavy atom. The van der Waals surface area contributed by atoms with E-state index >= 15 is 0 Å². The molecule has 3 heteroatoms. The summed E-state index contributed by atoms with van der Waals surface area (Å²) in [7, 11) is 0. The summed E-state index contributed by atoms with van der Waals surface area (Å²) in [6.45, 7) is 15.1. The van der Waals surface area contributed by atoms with Gasteiger partial charge in [-0.15, -0.1) is 0 Å². The molecule has 0 aromatic heterocycles. The Bertz CT molecular complexity index is 350. The lowest BCUT2D eigenvalue weighted by Crippen LogP contribution is -2.35. The predicted molar refractivity (Wildman–Crippen MR) is 85.9 cm³/mol. The Balaban J connectivity index is 1.96. The highest BCUT2D eigenvalue weighted by Gasteiger charge is 2.14. The molecule has 0 spiro atoms. The van der Waals surface area contributed by atoms with Crippen molar-refractivity contribution in [2.45, 2.75) is 20.4 Å². The van der Waals surface area contributed by atoms with Gasteiger partial charge >= 0.3 is 0 Å². The van der Waals surface area contributed by atoms with E-state index in [0.717, 1.165) is 19.6 Å². The summed E-state index contributed by atoms with van der Waals surface area (Å²) >= 11 is 0. The molecule has 1 aliphatic rings. The minimum absolute atomic E-state index is 1.08. The van der Waals surface area contributed by atoms with E-state index in [0.29, 0.717) is 0 Å². The van der Waals surface area contributed by atoms with Crippen LogP contribution in [0.15, 0.2) is 30.3 Å². The van der Waals surface area contributed by atoms with Gasteiger partial charge in [0.2, 0.25) is 0 Å².